The summed E-state index contributed by atoms with van der Waals surface area (Å²) in [6.45, 7) is 0. The van der Waals surface area contributed by atoms with Crippen LogP contribution in [0.5, 0.6) is 0 Å². The first-order valence-corrected chi connectivity index (χ1v) is 3.37. The zero-order valence-corrected chi connectivity index (χ0v) is 4.69. The van der Waals surface area contributed by atoms with Crippen LogP contribution in [0, 0.1) is 0 Å². The first-order chi connectivity index (χ1) is 2.00. The Kier molecular flexibility index (Phi) is 5.43. The summed E-state index contributed by atoms with van der Waals surface area (Å²) in [7, 11) is 0. The summed E-state index contributed by atoms with van der Waals surface area (Å²) < 4.78 is 34.5. The van der Waals surface area contributed by atoms with Crippen molar-refractivity contribution in [2.75, 3.05) is 0 Å². The molecule has 0 saturated carbocycles. The molecule has 0 N–H and O–H groups in total. The van der Waals surface area contributed by atoms with Crippen molar-refractivity contribution in [1.82, 2.24) is 0 Å². The van der Waals surface area contributed by atoms with Crippen LogP contribution in [0.3, 0.4) is 0 Å². The fraction of sp³-hybridized carbons (Fsp3) is 0. The molecule has 6 heavy (non-hydrogen) atoms. The summed E-state index contributed by atoms with van der Waals surface area (Å²) in [5.74, 6) is 0. The second-order valence-electron chi connectivity index (χ2n) is 0.500. The van der Waals surface area contributed by atoms with Crippen LogP contribution >= 0.6 is 0 Å². The van der Waals surface area contributed by atoms with Gasteiger partial charge in [-0.1, -0.05) is 0 Å². The van der Waals surface area contributed by atoms with Gasteiger partial charge in [0.2, 0.25) is 0 Å². The average Bonchev–Trinajstić information content (AvgIpc) is 0.722. The summed E-state index contributed by atoms with van der Waals surface area (Å²) in [6.07, 6.45) is 0. The molecule has 0 aliphatic carbocycles. The van der Waals surface area contributed by atoms with Gasteiger partial charge in [0.1, 0.15) is 0 Å². The SMILES string of the molecule is [H+].[Li+].[O-][Ti]([O-])([O-])[O-]. The molecule has 0 aromatic carbocycles. The van der Waals surface area contributed by atoms with Gasteiger partial charge in [0.25, 0.3) is 0 Å². The van der Waals surface area contributed by atoms with Gasteiger partial charge in [-0.15, -0.1) is 0 Å². The number of hydrogen-bond acceptors (Lipinski definition) is 4. The van der Waals surface area contributed by atoms with Crippen LogP contribution in [-0.4, -0.2) is 0 Å². The van der Waals surface area contributed by atoms with Crippen molar-refractivity contribution >= 4 is 0 Å². The van der Waals surface area contributed by atoms with Crippen LogP contribution in [-0.2, 0) is 18.1 Å². The summed E-state index contributed by atoms with van der Waals surface area (Å²) in [4.78, 5) is 0. The molecule has 0 amide bonds. The molecule has 0 aliphatic rings. The fourth-order valence-electron chi connectivity index (χ4n) is 0. The van der Waals surface area contributed by atoms with E-state index >= 15 is 0 Å². The minimum absolute atomic E-state index is 0. The van der Waals surface area contributed by atoms with Gasteiger partial charge in [0, 0.05) is 0 Å². The zero-order chi connectivity index (χ0) is 4.50. The molecule has 0 unspecified atom stereocenters. The third-order valence-corrected chi connectivity index (χ3v) is 0. The van der Waals surface area contributed by atoms with Crippen LogP contribution < -0.4 is 33.6 Å². The maximum atomic E-state index is 8.62. The van der Waals surface area contributed by atoms with Gasteiger partial charge < -0.3 is 0 Å². The molecule has 0 rings (SSSR count). The van der Waals surface area contributed by atoms with E-state index in [1.165, 1.54) is 0 Å². The second-order valence-corrected chi connectivity index (χ2v) is 2.06. The molecule has 6 heteroatoms. The standard InChI is InChI=1S/Li.4O.Ti/q+1;4*-1;/p+1. The van der Waals surface area contributed by atoms with Gasteiger partial charge in [0.15, 0.2) is 0 Å². The molecule has 0 spiro atoms. The Morgan fingerprint density at radius 1 is 1.00 bits per heavy atom. The quantitative estimate of drug-likeness (QED) is 0.296. The molecule has 0 atom stereocenters. The Hall–Kier alpha value is 1.15. The molecule has 0 aliphatic heterocycles. The Balaban J connectivity index is -0.0000000800. The van der Waals surface area contributed by atoms with Crippen LogP contribution in [0.1, 0.15) is 1.43 Å². The van der Waals surface area contributed by atoms with Gasteiger partial charge in [-0.3, -0.25) is 0 Å². The van der Waals surface area contributed by atoms with Gasteiger partial charge in [-0.05, 0) is 0 Å². The van der Waals surface area contributed by atoms with E-state index in [1.807, 2.05) is 0 Å². The Bertz CT molecular complexity index is 27.2. The molecule has 0 saturated heterocycles. The van der Waals surface area contributed by atoms with Gasteiger partial charge in [-0.25, -0.2) is 0 Å². The van der Waals surface area contributed by atoms with Crippen molar-refractivity contribution in [2.24, 2.45) is 0 Å². The molecule has 0 fully saturated rings. The topological polar surface area (TPSA) is 92.2 Å². The van der Waals surface area contributed by atoms with Crippen LogP contribution in [0.4, 0.5) is 0 Å². The van der Waals surface area contributed by atoms with Gasteiger partial charge in [0.05, 0.1) is 0 Å². The molecular weight excluding hydrogens is 119 g/mol. The van der Waals surface area contributed by atoms with E-state index in [0.717, 1.165) is 0 Å². The first-order valence-electron chi connectivity index (χ1n) is 0.816. The normalized spacial score (nSPS) is 10.0. The molecule has 4 nitrogen and oxygen atoms in total. The van der Waals surface area contributed by atoms with Crippen molar-refractivity contribution in [3.8, 4) is 0 Å². The van der Waals surface area contributed by atoms with Gasteiger partial charge >= 0.3 is 53.2 Å². The van der Waals surface area contributed by atoms with Crippen LogP contribution in [0.25, 0.3) is 0 Å². The van der Waals surface area contributed by atoms with Crippen LogP contribution in [0.2, 0.25) is 0 Å². The van der Waals surface area contributed by atoms with Gasteiger partial charge in [-0.2, -0.15) is 0 Å². The van der Waals surface area contributed by atoms with E-state index in [-0.39, 0.29) is 20.3 Å². The molecule has 0 radical (unpaired) electrons. The average molecular weight is 120 g/mol. The van der Waals surface area contributed by atoms with E-state index in [2.05, 4.69) is 0 Å². The Morgan fingerprint density at radius 3 is 1.00 bits per heavy atom. The summed E-state index contributed by atoms with van der Waals surface area (Å²) >= 11 is -6.00. The Labute approximate surface area is 53.4 Å². The van der Waals surface area contributed by atoms with E-state index in [9.17, 15) is 0 Å². The van der Waals surface area contributed by atoms with Crippen molar-refractivity contribution in [2.45, 2.75) is 0 Å². The third kappa shape index (κ3) is 66.9. The third-order valence-electron chi connectivity index (χ3n) is 0. The molecule has 0 aromatic rings. The molecule has 0 bridgehead atoms. The van der Waals surface area contributed by atoms with E-state index < -0.39 is 18.1 Å². The van der Waals surface area contributed by atoms with E-state index in [0.29, 0.717) is 0 Å². The van der Waals surface area contributed by atoms with Crippen molar-refractivity contribution < 1.29 is 53.2 Å². The maximum absolute atomic E-state index is 8.62. The Morgan fingerprint density at radius 2 is 1.00 bits per heavy atom. The molecule has 0 aromatic heterocycles. The second kappa shape index (κ2) is 3.19. The molecule has 32 valence electrons. The minimum atomic E-state index is -6.00. The zero-order valence-electron chi connectivity index (χ0n) is 4.13. The first kappa shape index (κ1) is 10.2. The summed E-state index contributed by atoms with van der Waals surface area (Å²) in [5.41, 5.74) is 0. The van der Waals surface area contributed by atoms with E-state index in [1.54, 1.807) is 0 Å². The predicted molar refractivity (Wildman–Crippen MR) is 1.11 cm³/mol. The molecular formula is HLiO4Ti-2. The number of hydrogen-bond donors (Lipinski definition) is 0. The summed E-state index contributed by atoms with van der Waals surface area (Å²) in [6, 6.07) is 0. The summed E-state index contributed by atoms with van der Waals surface area (Å²) in [5, 5.41) is 0. The predicted octanol–water partition coefficient (Wildman–Crippen LogP) is -7.64. The fourth-order valence-corrected chi connectivity index (χ4v) is 0. The van der Waals surface area contributed by atoms with Crippen molar-refractivity contribution in [3.63, 3.8) is 0 Å². The monoisotopic (exact) mass is 120 g/mol. The number of rotatable bonds is 0. The van der Waals surface area contributed by atoms with Crippen molar-refractivity contribution in [1.29, 1.82) is 0 Å². The van der Waals surface area contributed by atoms with E-state index in [4.69, 9.17) is 14.8 Å². The van der Waals surface area contributed by atoms with Crippen molar-refractivity contribution in [3.05, 3.63) is 0 Å². The van der Waals surface area contributed by atoms with Crippen LogP contribution in [0.15, 0.2) is 0 Å². The molecule has 0 heterocycles.